The van der Waals surface area contributed by atoms with Gasteiger partial charge in [-0.05, 0) is 25.7 Å². The maximum atomic E-state index is 12.0. The zero-order valence-corrected chi connectivity index (χ0v) is 13.7. The molecule has 0 spiro atoms. The van der Waals surface area contributed by atoms with Gasteiger partial charge in [0.1, 0.15) is 5.54 Å². The number of nitrogens with zero attached hydrogens (tertiary/aromatic N) is 1. The van der Waals surface area contributed by atoms with Crippen molar-refractivity contribution in [2.24, 2.45) is 5.41 Å². The van der Waals surface area contributed by atoms with E-state index in [1.54, 1.807) is 0 Å². The summed E-state index contributed by atoms with van der Waals surface area (Å²) >= 11 is 0. The lowest BCUT2D eigenvalue weighted by Crippen LogP contribution is -2.55. The van der Waals surface area contributed by atoms with Gasteiger partial charge in [-0.15, -0.1) is 0 Å². The molecule has 0 aliphatic heterocycles. The molecule has 0 aliphatic rings. The highest BCUT2D eigenvalue weighted by Gasteiger charge is 2.35. The van der Waals surface area contributed by atoms with Gasteiger partial charge in [0.15, 0.2) is 0 Å². The van der Waals surface area contributed by atoms with Gasteiger partial charge in [0.2, 0.25) is 0 Å². The number of amides is 2. The van der Waals surface area contributed by atoms with Gasteiger partial charge < -0.3 is 15.3 Å². The van der Waals surface area contributed by atoms with Crippen molar-refractivity contribution in [1.29, 1.82) is 0 Å². The average molecular weight is 286 g/mol. The van der Waals surface area contributed by atoms with Crippen molar-refractivity contribution in [3.05, 3.63) is 0 Å². The van der Waals surface area contributed by atoms with Gasteiger partial charge in [-0.3, -0.25) is 0 Å². The van der Waals surface area contributed by atoms with E-state index < -0.39 is 11.5 Å². The summed E-state index contributed by atoms with van der Waals surface area (Å²) < 4.78 is 0. The number of nitrogens with one attached hydrogen (secondary N) is 1. The predicted molar refractivity (Wildman–Crippen MR) is 80.8 cm³/mol. The van der Waals surface area contributed by atoms with Crippen LogP contribution in [-0.4, -0.2) is 41.1 Å². The molecule has 0 atom stereocenters. The van der Waals surface area contributed by atoms with Crippen LogP contribution in [0.2, 0.25) is 0 Å². The molecular formula is C15H30N2O3. The normalized spacial score (nSPS) is 12.1. The van der Waals surface area contributed by atoms with Crippen LogP contribution in [0.1, 0.15) is 60.3 Å². The van der Waals surface area contributed by atoms with Crippen LogP contribution in [0.4, 0.5) is 4.79 Å². The summed E-state index contributed by atoms with van der Waals surface area (Å²) in [5, 5.41) is 11.9. The summed E-state index contributed by atoms with van der Waals surface area (Å²) in [5.41, 5.74) is -1.19. The Balaban J connectivity index is 4.37. The second-order valence-corrected chi connectivity index (χ2v) is 6.70. The summed E-state index contributed by atoms with van der Waals surface area (Å²) in [6.45, 7) is 9.98. The van der Waals surface area contributed by atoms with Gasteiger partial charge in [0.05, 0.1) is 0 Å². The highest BCUT2D eigenvalue weighted by atomic mass is 16.4. The fourth-order valence-electron chi connectivity index (χ4n) is 1.77. The molecule has 0 aromatic heterocycles. The molecule has 2 amide bonds. The Bertz CT molecular complexity index is 338. The Morgan fingerprint density at radius 1 is 1.15 bits per heavy atom. The lowest BCUT2D eigenvalue weighted by Gasteiger charge is -2.33. The lowest BCUT2D eigenvalue weighted by atomic mass is 9.87. The number of hydrogen-bond donors (Lipinski definition) is 2. The number of carboxylic acid groups (broad SMARTS) is 1. The second kappa shape index (κ2) is 7.50. The van der Waals surface area contributed by atoms with E-state index in [2.05, 4.69) is 26.1 Å². The molecule has 0 saturated heterocycles. The molecule has 2 N–H and O–H groups in total. The van der Waals surface area contributed by atoms with Gasteiger partial charge >= 0.3 is 12.0 Å². The maximum absolute atomic E-state index is 12.0. The minimum Gasteiger partial charge on any atom is -0.480 e. The molecule has 0 aromatic rings. The van der Waals surface area contributed by atoms with Crippen LogP contribution < -0.4 is 5.32 Å². The molecule has 5 nitrogen and oxygen atoms in total. The molecule has 20 heavy (non-hydrogen) atoms. The van der Waals surface area contributed by atoms with Gasteiger partial charge in [-0.2, -0.15) is 0 Å². The number of hydrogen-bond acceptors (Lipinski definition) is 2. The number of urea groups is 1. The molecule has 0 aromatic carbocycles. The Hall–Kier alpha value is -1.26. The number of likely N-dealkylation sites (N-methyl/N-ethyl adjacent to an activating group) is 1. The first kappa shape index (κ1) is 18.7. The van der Waals surface area contributed by atoms with Crippen molar-refractivity contribution >= 4 is 12.0 Å². The van der Waals surface area contributed by atoms with Crippen LogP contribution in [-0.2, 0) is 4.79 Å². The predicted octanol–water partition coefficient (Wildman–Crippen LogP) is 3.10. The van der Waals surface area contributed by atoms with Gasteiger partial charge in [-0.1, -0.05) is 40.0 Å². The number of carbonyl (C=O) groups excluding carboxylic acids is 1. The number of rotatable bonds is 8. The summed E-state index contributed by atoms with van der Waals surface area (Å²) in [6.07, 6.45) is 4.57. The number of unbranched alkanes of at least 4 members (excludes halogenated alkanes) is 2. The monoisotopic (exact) mass is 286 g/mol. The van der Waals surface area contributed by atoms with Crippen LogP contribution in [0.5, 0.6) is 0 Å². The lowest BCUT2D eigenvalue weighted by molar-refractivity contribution is -0.146. The third kappa shape index (κ3) is 5.80. The average Bonchev–Trinajstić information content (AvgIpc) is 2.35. The largest absolute Gasteiger partial charge is 0.480 e. The molecule has 118 valence electrons. The van der Waals surface area contributed by atoms with E-state index in [4.69, 9.17) is 5.11 Å². The van der Waals surface area contributed by atoms with E-state index in [0.717, 1.165) is 12.8 Å². The first-order chi connectivity index (χ1) is 9.04. The van der Waals surface area contributed by atoms with Crippen LogP contribution in [0.3, 0.4) is 0 Å². The van der Waals surface area contributed by atoms with E-state index in [-0.39, 0.29) is 11.4 Å². The third-order valence-electron chi connectivity index (χ3n) is 3.84. The molecule has 0 unspecified atom stereocenters. The van der Waals surface area contributed by atoms with E-state index in [1.807, 2.05) is 0 Å². The minimum absolute atomic E-state index is 0.0268. The maximum Gasteiger partial charge on any atom is 0.329 e. The second-order valence-electron chi connectivity index (χ2n) is 6.70. The molecule has 0 heterocycles. The summed E-state index contributed by atoms with van der Waals surface area (Å²) in [4.78, 5) is 24.4. The number of aliphatic carboxylic acids is 1. The molecular weight excluding hydrogens is 256 g/mol. The zero-order valence-electron chi connectivity index (χ0n) is 13.7. The summed E-state index contributed by atoms with van der Waals surface area (Å²) in [5.74, 6) is -1.02. The van der Waals surface area contributed by atoms with Crippen molar-refractivity contribution in [2.45, 2.75) is 65.8 Å². The van der Waals surface area contributed by atoms with Crippen LogP contribution in [0.15, 0.2) is 0 Å². The van der Waals surface area contributed by atoms with Crippen LogP contribution >= 0.6 is 0 Å². The SMILES string of the molecule is CCCCCC(C)(C)CNC(=O)N(C)C(C)(C)C(=O)O. The molecule has 0 bridgehead atoms. The molecule has 0 saturated carbocycles. The number of carbonyl (C=O) groups is 2. The van der Waals surface area contributed by atoms with E-state index in [0.29, 0.717) is 6.54 Å². The smallest absolute Gasteiger partial charge is 0.329 e. The Labute approximate surface area is 122 Å². The van der Waals surface area contributed by atoms with Crippen LogP contribution in [0.25, 0.3) is 0 Å². The Morgan fingerprint density at radius 2 is 1.70 bits per heavy atom. The fourth-order valence-corrected chi connectivity index (χ4v) is 1.77. The minimum atomic E-state index is -1.21. The quantitative estimate of drug-likeness (QED) is 0.674. The highest BCUT2D eigenvalue weighted by Crippen LogP contribution is 2.23. The van der Waals surface area contributed by atoms with Gasteiger partial charge in [0, 0.05) is 13.6 Å². The van der Waals surface area contributed by atoms with Gasteiger partial charge in [0.25, 0.3) is 0 Å². The fraction of sp³-hybridized carbons (Fsp3) is 0.867. The molecule has 0 radical (unpaired) electrons. The topological polar surface area (TPSA) is 69.6 Å². The van der Waals surface area contributed by atoms with Crippen molar-refractivity contribution in [2.75, 3.05) is 13.6 Å². The molecule has 0 fully saturated rings. The standard InChI is InChI=1S/C15H30N2O3/c1-7-8-9-10-14(2,3)11-16-13(20)17(6)15(4,5)12(18)19/h7-11H2,1-6H3,(H,16,20)(H,18,19). The molecule has 0 aliphatic carbocycles. The van der Waals surface area contributed by atoms with Gasteiger partial charge in [-0.25, -0.2) is 9.59 Å². The first-order valence-corrected chi connectivity index (χ1v) is 7.29. The van der Waals surface area contributed by atoms with E-state index >= 15 is 0 Å². The van der Waals surface area contributed by atoms with Crippen molar-refractivity contribution < 1.29 is 14.7 Å². The highest BCUT2D eigenvalue weighted by molar-refractivity contribution is 5.85. The Kier molecular flexibility index (Phi) is 7.03. The molecule has 5 heteroatoms. The number of carboxylic acids is 1. The molecule has 0 rings (SSSR count). The van der Waals surface area contributed by atoms with E-state index in [1.165, 1.54) is 38.6 Å². The van der Waals surface area contributed by atoms with E-state index in [9.17, 15) is 9.59 Å². The Morgan fingerprint density at radius 3 is 2.15 bits per heavy atom. The summed E-state index contributed by atoms with van der Waals surface area (Å²) in [6, 6.07) is -0.346. The van der Waals surface area contributed by atoms with Crippen molar-refractivity contribution in [1.82, 2.24) is 10.2 Å². The summed E-state index contributed by atoms with van der Waals surface area (Å²) in [7, 11) is 1.51. The van der Waals surface area contributed by atoms with Crippen molar-refractivity contribution in [3.63, 3.8) is 0 Å². The third-order valence-corrected chi connectivity index (χ3v) is 3.84. The first-order valence-electron chi connectivity index (χ1n) is 7.29. The van der Waals surface area contributed by atoms with Crippen molar-refractivity contribution in [3.8, 4) is 0 Å². The van der Waals surface area contributed by atoms with Crippen LogP contribution in [0, 0.1) is 5.41 Å². The zero-order chi connectivity index (χ0) is 16.0.